The number of rotatable bonds is 7. The third-order valence-electron chi connectivity index (χ3n) is 7.87. The van der Waals surface area contributed by atoms with E-state index in [4.69, 9.17) is 5.73 Å². The van der Waals surface area contributed by atoms with E-state index >= 15 is 0 Å². The molecule has 1 spiro atoms. The molecule has 0 aromatic heterocycles. The van der Waals surface area contributed by atoms with Crippen LogP contribution in [0, 0.1) is 34.5 Å². The van der Waals surface area contributed by atoms with E-state index in [9.17, 15) is 0 Å². The van der Waals surface area contributed by atoms with Crippen LogP contribution in [-0.2, 0) is 0 Å². The first kappa shape index (κ1) is 13.6. The quantitative estimate of drug-likeness (QED) is 0.701. The molecule has 0 saturated heterocycles. The third-order valence-corrected chi connectivity index (χ3v) is 7.87. The van der Waals surface area contributed by atoms with Crippen LogP contribution in [0.3, 0.4) is 0 Å². The van der Waals surface area contributed by atoms with E-state index in [0.29, 0.717) is 0 Å². The van der Waals surface area contributed by atoms with Gasteiger partial charge in [-0.25, -0.2) is 0 Å². The van der Waals surface area contributed by atoms with Gasteiger partial charge in [0.05, 0.1) is 0 Å². The molecule has 0 aliphatic heterocycles. The zero-order valence-electron chi connectivity index (χ0n) is 13.2. The van der Waals surface area contributed by atoms with E-state index in [-0.39, 0.29) is 0 Å². The molecular formula is C18H32N2. The fourth-order valence-corrected chi connectivity index (χ4v) is 7.11. The summed E-state index contributed by atoms with van der Waals surface area (Å²) < 4.78 is 0. The Labute approximate surface area is 124 Å². The zero-order valence-corrected chi connectivity index (χ0v) is 13.2. The molecule has 0 aromatic rings. The van der Waals surface area contributed by atoms with Gasteiger partial charge in [-0.2, -0.15) is 0 Å². The van der Waals surface area contributed by atoms with E-state index in [0.717, 1.165) is 41.0 Å². The Morgan fingerprint density at radius 1 is 1.10 bits per heavy atom. The van der Waals surface area contributed by atoms with Crippen molar-refractivity contribution in [1.29, 1.82) is 0 Å². The fourth-order valence-electron chi connectivity index (χ4n) is 7.11. The summed E-state index contributed by atoms with van der Waals surface area (Å²) in [6.45, 7) is 5.96. The first-order valence-corrected chi connectivity index (χ1v) is 9.12. The van der Waals surface area contributed by atoms with Crippen LogP contribution in [0.25, 0.3) is 0 Å². The van der Waals surface area contributed by atoms with Gasteiger partial charge in [-0.3, -0.25) is 0 Å². The normalized spacial score (nSPS) is 51.3. The van der Waals surface area contributed by atoms with Crippen molar-refractivity contribution in [3.8, 4) is 0 Å². The minimum atomic E-state index is 0.718. The van der Waals surface area contributed by atoms with Gasteiger partial charge in [-0.05, 0) is 92.5 Å². The summed E-state index contributed by atoms with van der Waals surface area (Å²) in [5.41, 5.74) is 7.08. The maximum absolute atomic E-state index is 5.56. The highest BCUT2D eigenvalue weighted by Crippen LogP contribution is 2.82. The lowest BCUT2D eigenvalue weighted by atomic mass is 9.45. The molecule has 3 N–H and O–H groups in total. The van der Waals surface area contributed by atoms with E-state index in [1.807, 2.05) is 0 Å². The van der Waals surface area contributed by atoms with Crippen molar-refractivity contribution in [2.75, 3.05) is 19.6 Å². The van der Waals surface area contributed by atoms with Gasteiger partial charge in [0.25, 0.3) is 0 Å². The Morgan fingerprint density at radius 2 is 2.00 bits per heavy atom. The minimum absolute atomic E-state index is 0.718. The van der Waals surface area contributed by atoms with Crippen molar-refractivity contribution in [2.45, 2.75) is 58.3 Å². The van der Waals surface area contributed by atoms with Gasteiger partial charge < -0.3 is 11.1 Å². The van der Waals surface area contributed by atoms with Crippen molar-refractivity contribution in [2.24, 2.45) is 40.2 Å². The molecule has 2 nitrogen and oxygen atoms in total. The molecule has 114 valence electrons. The van der Waals surface area contributed by atoms with Crippen LogP contribution < -0.4 is 11.1 Å². The summed E-state index contributed by atoms with van der Waals surface area (Å²) in [6.07, 6.45) is 11.7. The maximum Gasteiger partial charge on any atom is 0.00135 e. The van der Waals surface area contributed by atoms with Gasteiger partial charge in [-0.1, -0.05) is 13.3 Å². The average molecular weight is 276 g/mol. The zero-order chi connectivity index (χ0) is 13.8. The molecule has 6 atom stereocenters. The molecule has 3 bridgehead atoms. The van der Waals surface area contributed by atoms with E-state index in [1.54, 1.807) is 32.1 Å². The highest BCUT2D eigenvalue weighted by Gasteiger charge is 2.75. The summed E-state index contributed by atoms with van der Waals surface area (Å²) in [7, 11) is 0. The molecule has 0 amide bonds. The van der Waals surface area contributed by atoms with Crippen LogP contribution in [0.2, 0.25) is 0 Å². The number of hydrogen-bond acceptors (Lipinski definition) is 2. The predicted molar refractivity (Wildman–Crippen MR) is 83.4 cm³/mol. The van der Waals surface area contributed by atoms with Gasteiger partial charge in [-0.15, -0.1) is 0 Å². The molecule has 4 aliphatic carbocycles. The van der Waals surface area contributed by atoms with Crippen LogP contribution in [0.1, 0.15) is 58.3 Å². The smallest absolute Gasteiger partial charge is 0.00135 e. The molecule has 0 aromatic carbocycles. The molecule has 2 heteroatoms. The Morgan fingerprint density at radius 3 is 2.85 bits per heavy atom. The maximum atomic E-state index is 5.56. The molecule has 0 radical (unpaired) electrons. The summed E-state index contributed by atoms with van der Waals surface area (Å²) >= 11 is 0. The molecule has 20 heavy (non-hydrogen) atoms. The van der Waals surface area contributed by atoms with Gasteiger partial charge in [0.1, 0.15) is 0 Å². The van der Waals surface area contributed by atoms with Crippen LogP contribution in [0.4, 0.5) is 0 Å². The number of hydrogen-bond donors (Lipinski definition) is 2. The van der Waals surface area contributed by atoms with E-state index in [1.165, 1.54) is 32.4 Å². The number of nitrogens with one attached hydrogen (secondary N) is 1. The van der Waals surface area contributed by atoms with E-state index < -0.39 is 0 Å². The number of fused-ring (bicyclic) bond motifs is 2. The average Bonchev–Trinajstić information content (AvgIpc) is 2.70. The van der Waals surface area contributed by atoms with Gasteiger partial charge in [0, 0.05) is 6.54 Å². The second kappa shape index (κ2) is 4.71. The topological polar surface area (TPSA) is 38.0 Å². The second-order valence-corrected chi connectivity index (χ2v) is 8.61. The fraction of sp³-hybridized carbons (Fsp3) is 1.00. The molecule has 4 aliphatic rings. The summed E-state index contributed by atoms with van der Waals surface area (Å²) in [4.78, 5) is 0. The van der Waals surface area contributed by atoms with Crippen molar-refractivity contribution >= 4 is 0 Å². The first-order chi connectivity index (χ1) is 9.71. The highest BCUT2D eigenvalue weighted by molar-refractivity contribution is 5.25. The molecule has 4 fully saturated rings. The van der Waals surface area contributed by atoms with Gasteiger partial charge >= 0.3 is 0 Å². The summed E-state index contributed by atoms with van der Waals surface area (Å²) in [6, 6.07) is 0. The number of unbranched alkanes of at least 4 members (excludes halogenated alkanes) is 2. The Bertz CT molecular complexity index is 382. The second-order valence-electron chi connectivity index (χ2n) is 8.61. The molecule has 4 saturated carbocycles. The predicted octanol–water partition coefficient (Wildman–Crippen LogP) is 3.17. The van der Waals surface area contributed by atoms with Crippen molar-refractivity contribution < 1.29 is 0 Å². The SMILES string of the molecule is CC1C2CC3CC4(CNCCCCCN)CC1C4(C3)C2. The van der Waals surface area contributed by atoms with Crippen LogP contribution >= 0.6 is 0 Å². The Hall–Kier alpha value is -0.0800. The molecule has 6 unspecified atom stereocenters. The largest absolute Gasteiger partial charge is 0.330 e. The van der Waals surface area contributed by atoms with Crippen molar-refractivity contribution in [3.63, 3.8) is 0 Å². The highest BCUT2D eigenvalue weighted by atomic mass is 14.9. The van der Waals surface area contributed by atoms with Crippen LogP contribution in [-0.4, -0.2) is 19.6 Å². The van der Waals surface area contributed by atoms with Crippen molar-refractivity contribution in [1.82, 2.24) is 5.32 Å². The van der Waals surface area contributed by atoms with Crippen molar-refractivity contribution in [3.05, 3.63) is 0 Å². The minimum Gasteiger partial charge on any atom is -0.330 e. The lowest BCUT2D eigenvalue weighted by molar-refractivity contribution is -0.109. The third kappa shape index (κ3) is 1.64. The molecule has 4 rings (SSSR count). The lowest BCUT2D eigenvalue weighted by Crippen LogP contribution is -2.57. The van der Waals surface area contributed by atoms with Crippen LogP contribution in [0.5, 0.6) is 0 Å². The van der Waals surface area contributed by atoms with Gasteiger partial charge in [0.2, 0.25) is 0 Å². The standard InChI is InChI=1S/C18H32N2/c1-13-15-7-14-8-17(12-20-6-4-2-3-5-19)11-16(13)18(17,9-14)10-15/h13-16,20H,2-12,19H2,1H3. The Balaban J connectivity index is 1.35. The van der Waals surface area contributed by atoms with E-state index in [2.05, 4.69) is 12.2 Å². The van der Waals surface area contributed by atoms with Gasteiger partial charge in [0.15, 0.2) is 0 Å². The first-order valence-electron chi connectivity index (χ1n) is 9.12. The molecule has 0 heterocycles. The Kier molecular flexibility index (Phi) is 3.20. The summed E-state index contributed by atoms with van der Waals surface area (Å²) in [5, 5.41) is 3.83. The number of nitrogens with two attached hydrogens (primary N) is 1. The monoisotopic (exact) mass is 276 g/mol. The van der Waals surface area contributed by atoms with Crippen LogP contribution in [0.15, 0.2) is 0 Å². The molecular weight excluding hydrogens is 244 g/mol. The lowest BCUT2D eigenvalue weighted by Gasteiger charge is -2.60. The summed E-state index contributed by atoms with van der Waals surface area (Å²) in [5.74, 6) is 4.31.